The fourth-order valence-corrected chi connectivity index (χ4v) is 1.29. The zero-order valence-corrected chi connectivity index (χ0v) is 6.55. The second-order valence-electron chi connectivity index (χ2n) is 2.96. The molecule has 0 amide bonds. The molecular formula is C7H12F2O2. The molecule has 1 N–H and O–H groups in total. The third-order valence-electron chi connectivity index (χ3n) is 2.27. The maximum atomic E-state index is 12.9. The number of rotatable bonds is 1. The van der Waals surface area contributed by atoms with Crippen molar-refractivity contribution in [2.75, 3.05) is 6.61 Å². The average Bonchev–Trinajstić information content (AvgIpc) is 2.14. The zero-order valence-electron chi connectivity index (χ0n) is 6.55. The van der Waals surface area contributed by atoms with Gasteiger partial charge < -0.3 is 9.84 Å². The molecule has 3 unspecified atom stereocenters. The highest BCUT2D eigenvalue weighted by atomic mass is 19.3. The summed E-state index contributed by atoms with van der Waals surface area (Å²) in [4.78, 5) is 0. The van der Waals surface area contributed by atoms with E-state index in [9.17, 15) is 8.78 Å². The molecule has 0 radical (unpaired) electrons. The Morgan fingerprint density at radius 2 is 2.00 bits per heavy atom. The average molecular weight is 166 g/mol. The monoisotopic (exact) mass is 166 g/mol. The minimum absolute atomic E-state index is 0.332. The van der Waals surface area contributed by atoms with Crippen molar-refractivity contribution in [1.29, 1.82) is 0 Å². The van der Waals surface area contributed by atoms with Crippen LogP contribution in [0, 0.1) is 5.92 Å². The highest BCUT2D eigenvalue weighted by molar-refractivity contribution is 4.92. The first-order valence-electron chi connectivity index (χ1n) is 3.64. The molecular weight excluding hydrogens is 154 g/mol. The summed E-state index contributed by atoms with van der Waals surface area (Å²) in [6.45, 7) is 2.39. The molecule has 11 heavy (non-hydrogen) atoms. The third-order valence-corrected chi connectivity index (χ3v) is 2.27. The Morgan fingerprint density at radius 3 is 2.18 bits per heavy atom. The Morgan fingerprint density at radius 1 is 1.45 bits per heavy atom. The molecule has 1 aliphatic rings. The molecule has 0 aromatic rings. The van der Waals surface area contributed by atoms with Crippen LogP contribution in [-0.2, 0) is 4.74 Å². The summed E-state index contributed by atoms with van der Waals surface area (Å²) in [6.07, 6.45) is -1.78. The van der Waals surface area contributed by atoms with Gasteiger partial charge in [-0.25, -0.2) is 8.78 Å². The third kappa shape index (κ3) is 1.25. The maximum absolute atomic E-state index is 12.9. The van der Waals surface area contributed by atoms with Gasteiger partial charge in [0.15, 0.2) is 0 Å². The molecule has 0 aliphatic carbocycles. The van der Waals surface area contributed by atoms with Crippen LogP contribution in [0.15, 0.2) is 0 Å². The summed E-state index contributed by atoms with van der Waals surface area (Å²) < 4.78 is 30.7. The molecule has 0 bridgehead atoms. The second kappa shape index (κ2) is 2.68. The van der Waals surface area contributed by atoms with Crippen LogP contribution in [0.4, 0.5) is 8.78 Å². The van der Waals surface area contributed by atoms with E-state index in [1.165, 1.54) is 13.8 Å². The molecule has 4 heteroatoms. The fraction of sp³-hybridized carbons (Fsp3) is 1.00. The Kier molecular flexibility index (Phi) is 2.16. The lowest BCUT2D eigenvalue weighted by atomic mass is 9.98. The number of ether oxygens (including phenoxy) is 1. The SMILES string of the molecule is CC1OC(CO)C(C)C1(F)F. The Labute approximate surface area is 64.2 Å². The van der Waals surface area contributed by atoms with E-state index >= 15 is 0 Å². The number of aliphatic hydroxyl groups is 1. The smallest absolute Gasteiger partial charge is 0.278 e. The van der Waals surface area contributed by atoms with Crippen LogP contribution in [0.2, 0.25) is 0 Å². The van der Waals surface area contributed by atoms with Gasteiger partial charge in [0.05, 0.1) is 18.6 Å². The maximum Gasteiger partial charge on any atom is 0.278 e. The van der Waals surface area contributed by atoms with Crippen molar-refractivity contribution < 1.29 is 18.6 Å². The van der Waals surface area contributed by atoms with Gasteiger partial charge >= 0.3 is 0 Å². The van der Waals surface area contributed by atoms with Crippen LogP contribution in [-0.4, -0.2) is 29.8 Å². The van der Waals surface area contributed by atoms with Gasteiger partial charge in [-0.2, -0.15) is 0 Å². The summed E-state index contributed by atoms with van der Waals surface area (Å²) >= 11 is 0. The van der Waals surface area contributed by atoms with Crippen molar-refractivity contribution in [1.82, 2.24) is 0 Å². The first-order chi connectivity index (χ1) is 5.00. The number of aliphatic hydroxyl groups excluding tert-OH is 1. The van der Waals surface area contributed by atoms with Crippen molar-refractivity contribution in [2.45, 2.75) is 32.0 Å². The van der Waals surface area contributed by atoms with Crippen molar-refractivity contribution in [3.05, 3.63) is 0 Å². The van der Waals surface area contributed by atoms with Crippen LogP contribution < -0.4 is 0 Å². The van der Waals surface area contributed by atoms with E-state index in [1.54, 1.807) is 0 Å². The first kappa shape index (κ1) is 8.87. The predicted octanol–water partition coefficient (Wildman–Crippen LogP) is 1.04. The van der Waals surface area contributed by atoms with Crippen LogP contribution >= 0.6 is 0 Å². The minimum atomic E-state index is -2.80. The van der Waals surface area contributed by atoms with Crippen LogP contribution in [0.25, 0.3) is 0 Å². The van der Waals surface area contributed by atoms with Gasteiger partial charge in [-0.1, -0.05) is 6.92 Å². The second-order valence-corrected chi connectivity index (χ2v) is 2.96. The van der Waals surface area contributed by atoms with E-state index in [1.807, 2.05) is 0 Å². The van der Waals surface area contributed by atoms with Gasteiger partial charge in [-0.3, -0.25) is 0 Å². The van der Waals surface area contributed by atoms with E-state index in [4.69, 9.17) is 9.84 Å². The number of hydrogen-bond acceptors (Lipinski definition) is 2. The van der Waals surface area contributed by atoms with Crippen LogP contribution in [0.5, 0.6) is 0 Å². The van der Waals surface area contributed by atoms with Crippen molar-refractivity contribution in [2.24, 2.45) is 5.92 Å². The Hall–Kier alpha value is -0.220. The van der Waals surface area contributed by atoms with Crippen molar-refractivity contribution >= 4 is 0 Å². The quantitative estimate of drug-likeness (QED) is 0.630. The summed E-state index contributed by atoms with van der Waals surface area (Å²) in [5.74, 6) is -3.68. The molecule has 66 valence electrons. The lowest BCUT2D eigenvalue weighted by Crippen LogP contribution is -2.32. The molecule has 0 saturated carbocycles. The number of hydrogen-bond donors (Lipinski definition) is 1. The predicted molar refractivity (Wildman–Crippen MR) is 35.5 cm³/mol. The van der Waals surface area contributed by atoms with Crippen LogP contribution in [0.3, 0.4) is 0 Å². The topological polar surface area (TPSA) is 29.5 Å². The minimum Gasteiger partial charge on any atom is -0.394 e. The van der Waals surface area contributed by atoms with Gasteiger partial charge in [-0.15, -0.1) is 0 Å². The van der Waals surface area contributed by atoms with Crippen LogP contribution in [0.1, 0.15) is 13.8 Å². The number of halogens is 2. The highest BCUT2D eigenvalue weighted by Crippen LogP contribution is 2.40. The molecule has 0 aromatic heterocycles. The summed E-state index contributed by atoms with van der Waals surface area (Å²) in [7, 11) is 0. The summed E-state index contributed by atoms with van der Waals surface area (Å²) in [6, 6.07) is 0. The normalized spacial score (nSPS) is 42.8. The summed E-state index contributed by atoms with van der Waals surface area (Å²) in [5.41, 5.74) is 0. The van der Waals surface area contributed by atoms with Gasteiger partial charge in [0.25, 0.3) is 5.92 Å². The molecule has 0 aromatic carbocycles. The van der Waals surface area contributed by atoms with Gasteiger partial charge in [0, 0.05) is 0 Å². The molecule has 1 saturated heterocycles. The molecule has 0 spiro atoms. The molecule has 2 nitrogen and oxygen atoms in total. The highest BCUT2D eigenvalue weighted by Gasteiger charge is 2.53. The fourth-order valence-electron chi connectivity index (χ4n) is 1.29. The van der Waals surface area contributed by atoms with Gasteiger partial charge in [-0.05, 0) is 6.92 Å². The van der Waals surface area contributed by atoms with E-state index in [0.717, 1.165) is 0 Å². The van der Waals surface area contributed by atoms with Gasteiger partial charge in [0.2, 0.25) is 0 Å². The summed E-state index contributed by atoms with van der Waals surface area (Å²) in [5, 5.41) is 8.63. The molecule has 1 fully saturated rings. The lowest BCUT2D eigenvalue weighted by molar-refractivity contribution is -0.0778. The first-order valence-corrected chi connectivity index (χ1v) is 3.64. The Balaban J connectivity index is 2.71. The largest absolute Gasteiger partial charge is 0.394 e. The van der Waals surface area contributed by atoms with Crippen molar-refractivity contribution in [3.63, 3.8) is 0 Å². The standard InChI is InChI=1S/C7H12F2O2/c1-4-6(3-10)11-5(2)7(4,8)9/h4-6,10H,3H2,1-2H3. The molecule has 1 aliphatic heterocycles. The van der Waals surface area contributed by atoms with E-state index in [2.05, 4.69) is 0 Å². The molecule has 1 heterocycles. The number of alkyl halides is 2. The van der Waals surface area contributed by atoms with E-state index < -0.39 is 24.0 Å². The van der Waals surface area contributed by atoms with Crippen molar-refractivity contribution in [3.8, 4) is 0 Å². The van der Waals surface area contributed by atoms with E-state index in [0.29, 0.717) is 0 Å². The van der Waals surface area contributed by atoms with E-state index in [-0.39, 0.29) is 6.61 Å². The van der Waals surface area contributed by atoms with Gasteiger partial charge in [0.1, 0.15) is 6.10 Å². The molecule has 1 rings (SSSR count). The zero-order chi connectivity index (χ0) is 8.65. The molecule has 3 atom stereocenters. The lowest BCUT2D eigenvalue weighted by Gasteiger charge is -2.17. The Bertz CT molecular complexity index is 149.